The van der Waals surface area contributed by atoms with Crippen LogP contribution in [0.5, 0.6) is 0 Å². The normalized spacial score (nSPS) is 22.2. The molecular weight excluding hydrogens is 460 g/mol. The maximum Gasteiger partial charge on any atom is 0.192 e. The van der Waals surface area contributed by atoms with Crippen molar-refractivity contribution in [1.82, 2.24) is 5.32 Å². The molecule has 1 fully saturated rings. The summed E-state index contributed by atoms with van der Waals surface area (Å²) >= 11 is 7.06. The summed E-state index contributed by atoms with van der Waals surface area (Å²) in [5, 5.41) is 3.97. The Morgan fingerprint density at radius 1 is 1.16 bits per heavy atom. The van der Waals surface area contributed by atoms with Gasteiger partial charge in [0.05, 0.1) is 5.69 Å². The molecule has 0 radical (unpaired) electrons. The number of hydrogen-bond donors (Lipinski definition) is 2. The molecule has 6 heteroatoms. The third-order valence-corrected chi connectivity index (χ3v) is 11.4. The summed E-state index contributed by atoms with van der Waals surface area (Å²) in [6.07, 6.45) is 5.09. The molecule has 1 aliphatic rings. The van der Waals surface area contributed by atoms with Crippen LogP contribution in [-0.4, -0.2) is 20.5 Å². The number of nitrogen functional groups attached to an aromatic ring is 1. The zero-order valence-electron chi connectivity index (χ0n) is 16.1. The third kappa shape index (κ3) is 5.80. The van der Waals surface area contributed by atoms with Crippen molar-refractivity contribution in [1.29, 1.82) is 0 Å². The van der Waals surface area contributed by atoms with Crippen molar-refractivity contribution in [3.05, 3.63) is 26.6 Å². The molecule has 1 saturated carbocycles. The summed E-state index contributed by atoms with van der Waals surface area (Å²) in [5.41, 5.74) is 8.14. The van der Waals surface area contributed by atoms with Crippen molar-refractivity contribution in [3.63, 3.8) is 0 Å². The van der Waals surface area contributed by atoms with E-state index in [4.69, 9.17) is 10.2 Å². The Hall–Kier alpha value is 0.117. The van der Waals surface area contributed by atoms with E-state index >= 15 is 0 Å². The molecule has 0 saturated heterocycles. The quantitative estimate of drug-likeness (QED) is 0.379. The van der Waals surface area contributed by atoms with Crippen LogP contribution < -0.4 is 11.1 Å². The van der Waals surface area contributed by atoms with Gasteiger partial charge in [0.15, 0.2) is 8.32 Å². The molecule has 142 valence electrons. The Morgan fingerprint density at radius 2 is 1.76 bits per heavy atom. The summed E-state index contributed by atoms with van der Waals surface area (Å²) in [4.78, 5) is 0. The first-order chi connectivity index (χ1) is 11.5. The zero-order chi connectivity index (χ0) is 18.8. The molecule has 25 heavy (non-hydrogen) atoms. The molecule has 1 aromatic carbocycles. The Kier molecular flexibility index (Phi) is 7.22. The number of hydrogen-bond acceptors (Lipinski definition) is 3. The fourth-order valence-electron chi connectivity index (χ4n) is 3.02. The molecule has 3 nitrogen and oxygen atoms in total. The van der Waals surface area contributed by atoms with E-state index in [2.05, 4.69) is 77.1 Å². The van der Waals surface area contributed by atoms with Crippen LogP contribution in [0.25, 0.3) is 0 Å². The van der Waals surface area contributed by atoms with Crippen molar-refractivity contribution in [2.75, 3.05) is 5.73 Å². The highest BCUT2D eigenvalue weighted by Gasteiger charge is 2.39. The van der Waals surface area contributed by atoms with E-state index in [0.717, 1.165) is 39.6 Å². The highest BCUT2D eigenvalue weighted by molar-refractivity contribution is 9.11. The molecule has 2 rings (SSSR count). The van der Waals surface area contributed by atoms with E-state index < -0.39 is 8.32 Å². The Bertz CT molecular complexity index is 594. The highest BCUT2D eigenvalue weighted by atomic mass is 79.9. The van der Waals surface area contributed by atoms with Crippen molar-refractivity contribution in [2.24, 2.45) is 0 Å². The van der Waals surface area contributed by atoms with Gasteiger partial charge in [-0.05, 0) is 77.4 Å². The van der Waals surface area contributed by atoms with Crippen molar-refractivity contribution < 1.29 is 4.43 Å². The predicted octanol–water partition coefficient (Wildman–Crippen LogP) is 6.22. The monoisotopic (exact) mass is 490 g/mol. The molecule has 0 heterocycles. The Labute approximate surface area is 170 Å². The SMILES string of the molecule is CC(C)(C)[Si](C)(C)O[C@H]1CC[C@H](NCc2cc(Br)cc(Br)c2N)CC1. The average Bonchev–Trinajstić information content (AvgIpc) is 2.49. The molecule has 0 atom stereocenters. The number of halogens is 2. The van der Waals surface area contributed by atoms with Crippen molar-refractivity contribution >= 4 is 45.9 Å². The second-order valence-electron chi connectivity index (χ2n) is 8.69. The van der Waals surface area contributed by atoms with E-state index in [-0.39, 0.29) is 5.04 Å². The van der Waals surface area contributed by atoms with Crippen LogP contribution >= 0.6 is 31.9 Å². The largest absolute Gasteiger partial charge is 0.414 e. The van der Waals surface area contributed by atoms with Crippen LogP contribution in [0.1, 0.15) is 52.0 Å². The van der Waals surface area contributed by atoms with Crippen LogP contribution in [0, 0.1) is 0 Å². The van der Waals surface area contributed by atoms with Gasteiger partial charge in [-0.25, -0.2) is 0 Å². The summed E-state index contributed by atoms with van der Waals surface area (Å²) in [5.74, 6) is 0. The van der Waals surface area contributed by atoms with Gasteiger partial charge in [-0.3, -0.25) is 0 Å². The molecule has 0 bridgehead atoms. The molecule has 1 aliphatic carbocycles. The lowest BCUT2D eigenvalue weighted by Gasteiger charge is -2.41. The molecule has 0 aliphatic heterocycles. The molecular formula is C19H32Br2N2OSi. The molecule has 3 N–H and O–H groups in total. The molecule has 0 amide bonds. The minimum absolute atomic E-state index is 0.285. The predicted molar refractivity (Wildman–Crippen MR) is 117 cm³/mol. The maximum atomic E-state index is 6.58. The Balaban J connectivity index is 1.83. The van der Waals surface area contributed by atoms with Gasteiger partial charge in [0, 0.05) is 27.6 Å². The number of benzene rings is 1. The molecule has 0 aromatic heterocycles. The Morgan fingerprint density at radius 3 is 2.32 bits per heavy atom. The zero-order valence-corrected chi connectivity index (χ0v) is 20.3. The first-order valence-electron chi connectivity index (χ1n) is 9.14. The lowest BCUT2D eigenvalue weighted by molar-refractivity contribution is 0.124. The van der Waals surface area contributed by atoms with Gasteiger partial charge in [0.2, 0.25) is 0 Å². The fourth-order valence-corrected chi connectivity index (χ4v) is 5.75. The highest BCUT2D eigenvalue weighted by Crippen LogP contribution is 2.39. The summed E-state index contributed by atoms with van der Waals surface area (Å²) in [7, 11) is -1.65. The van der Waals surface area contributed by atoms with Crippen LogP contribution in [0.4, 0.5) is 5.69 Å². The number of nitrogens with two attached hydrogens (primary N) is 1. The summed E-state index contributed by atoms with van der Waals surface area (Å²) in [6.45, 7) is 12.4. The van der Waals surface area contributed by atoms with E-state index in [1.807, 2.05) is 6.07 Å². The summed E-state index contributed by atoms with van der Waals surface area (Å²) < 4.78 is 8.59. The van der Waals surface area contributed by atoms with Gasteiger partial charge in [-0.1, -0.05) is 36.7 Å². The summed E-state index contributed by atoms with van der Waals surface area (Å²) in [6, 6.07) is 4.64. The van der Waals surface area contributed by atoms with Gasteiger partial charge in [0.25, 0.3) is 0 Å². The molecule has 0 spiro atoms. The number of nitrogens with one attached hydrogen (secondary N) is 1. The van der Waals surface area contributed by atoms with Gasteiger partial charge >= 0.3 is 0 Å². The maximum absolute atomic E-state index is 6.58. The standard InChI is InChI=1S/C19H32Br2N2OSi/c1-19(2,3)25(4,5)24-16-8-6-15(7-9-16)23-12-13-10-14(20)11-17(21)18(13)22/h10-11,15-16,23H,6-9,12,22H2,1-5H3/t15-,16-. The molecule has 1 aromatic rings. The van der Waals surface area contributed by atoms with E-state index in [1.165, 1.54) is 12.8 Å². The van der Waals surface area contributed by atoms with E-state index in [0.29, 0.717) is 12.1 Å². The van der Waals surface area contributed by atoms with Crippen molar-refractivity contribution in [2.45, 2.75) is 83.3 Å². The van der Waals surface area contributed by atoms with Crippen LogP contribution in [0.15, 0.2) is 21.1 Å². The van der Waals surface area contributed by atoms with E-state index in [9.17, 15) is 0 Å². The van der Waals surface area contributed by atoms with E-state index in [1.54, 1.807) is 0 Å². The third-order valence-electron chi connectivity index (χ3n) is 5.70. The average molecular weight is 492 g/mol. The fraction of sp³-hybridized carbons (Fsp3) is 0.684. The van der Waals surface area contributed by atoms with Crippen LogP contribution in [0.3, 0.4) is 0 Å². The number of rotatable bonds is 5. The minimum atomic E-state index is -1.65. The first-order valence-corrected chi connectivity index (χ1v) is 13.6. The van der Waals surface area contributed by atoms with Gasteiger partial charge in [0.1, 0.15) is 0 Å². The lowest BCUT2D eigenvalue weighted by Crippen LogP contribution is -2.46. The van der Waals surface area contributed by atoms with Gasteiger partial charge in [-0.2, -0.15) is 0 Å². The number of anilines is 1. The van der Waals surface area contributed by atoms with Gasteiger partial charge < -0.3 is 15.5 Å². The van der Waals surface area contributed by atoms with Gasteiger partial charge in [-0.15, -0.1) is 0 Å². The molecule has 0 unspecified atom stereocenters. The second-order valence-corrected chi connectivity index (χ2v) is 15.2. The van der Waals surface area contributed by atoms with Crippen LogP contribution in [0.2, 0.25) is 18.1 Å². The topological polar surface area (TPSA) is 47.3 Å². The smallest absolute Gasteiger partial charge is 0.192 e. The minimum Gasteiger partial charge on any atom is -0.414 e. The van der Waals surface area contributed by atoms with Crippen molar-refractivity contribution in [3.8, 4) is 0 Å². The lowest BCUT2D eigenvalue weighted by atomic mass is 9.93. The first kappa shape index (κ1) is 21.4. The second kappa shape index (κ2) is 8.42. The van der Waals surface area contributed by atoms with Crippen LogP contribution in [-0.2, 0) is 11.0 Å².